The van der Waals surface area contributed by atoms with Crippen molar-refractivity contribution in [3.63, 3.8) is 0 Å². The van der Waals surface area contributed by atoms with Crippen molar-refractivity contribution in [2.24, 2.45) is 0 Å². The van der Waals surface area contributed by atoms with Crippen LogP contribution in [0.25, 0.3) is 0 Å². The summed E-state index contributed by atoms with van der Waals surface area (Å²) < 4.78 is 34.7. The molecule has 0 fully saturated rings. The molecule has 0 spiro atoms. The topological polar surface area (TPSA) is 88.8 Å². The number of nitrogens with one attached hydrogen (secondary N) is 1. The molecule has 2 heterocycles. The second-order valence-corrected chi connectivity index (χ2v) is 6.71. The monoisotopic (exact) mass is 426 g/mol. The molecule has 4 rings (SSSR count). The van der Waals surface area contributed by atoms with E-state index in [1.165, 1.54) is 30.5 Å². The van der Waals surface area contributed by atoms with E-state index in [9.17, 15) is 23.2 Å². The first-order valence-corrected chi connectivity index (χ1v) is 9.27. The molecule has 0 aliphatic carbocycles. The molecule has 0 unspecified atom stereocenters. The summed E-state index contributed by atoms with van der Waals surface area (Å²) in [4.78, 5) is 38.8. The summed E-state index contributed by atoms with van der Waals surface area (Å²) >= 11 is 0. The van der Waals surface area contributed by atoms with Gasteiger partial charge in [0.2, 0.25) is 0 Å². The Balaban J connectivity index is 1.48. The van der Waals surface area contributed by atoms with Crippen LogP contribution in [0.4, 0.5) is 8.78 Å². The number of hydrogen-bond acceptors (Lipinski definition) is 5. The van der Waals surface area contributed by atoms with Crippen molar-refractivity contribution in [3.05, 3.63) is 88.9 Å². The van der Waals surface area contributed by atoms with Crippen LogP contribution >= 0.6 is 0 Å². The minimum atomic E-state index is -2.98. The molecular weight excluding hydrogens is 410 g/mol. The Hall–Kier alpha value is -4.01. The summed E-state index contributed by atoms with van der Waals surface area (Å²) in [5, 5.41) is 2.61. The number of nitrogens with zero attached hydrogens (tertiary/aromatic N) is 1. The van der Waals surface area contributed by atoms with E-state index in [0.717, 1.165) is 4.90 Å². The highest BCUT2D eigenvalue weighted by atomic mass is 19.3. The SMILES string of the molecule is O=C(NCc1ccccc1OC(F)F)c1ccc2c(c1)C(=O)N(Cc1ccco1)C2=O. The molecule has 158 valence electrons. The number of hydrogen-bond donors (Lipinski definition) is 1. The summed E-state index contributed by atoms with van der Waals surface area (Å²) in [5.41, 5.74) is 0.842. The van der Waals surface area contributed by atoms with E-state index in [4.69, 9.17) is 4.42 Å². The number of alkyl halides is 2. The Morgan fingerprint density at radius 2 is 1.81 bits per heavy atom. The van der Waals surface area contributed by atoms with Gasteiger partial charge in [0.1, 0.15) is 11.5 Å². The first kappa shape index (κ1) is 20.3. The number of imide groups is 1. The van der Waals surface area contributed by atoms with Crippen LogP contribution in [0, 0.1) is 0 Å². The molecule has 1 aliphatic rings. The molecule has 0 saturated heterocycles. The highest BCUT2D eigenvalue weighted by Crippen LogP contribution is 2.26. The highest BCUT2D eigenvalue weighted by molar-refractivity contribution is 6.22. The predicted octanol–water partition coefficient (Wildman–Crippen LogP) is 3.61. The molecular formula is C22H16F2N2O5. The molecule has 1 aliphatic heterocycles. The van der Waals surface area contributed by atoms with Gasteiger partial charge in [-0.2, -0.15) is 8.78 Å². The maximum atomic E-state index is 12.7. The van der Waals surface area contributed by atoms with Crippen LogP contribution in [0.1, 0.15) is 42.4 Å². The lowest BCUT2D eigenvalue weighted by atomic mass is 10.1. The number of carbonyl (C=O) groups excluding carboxylic acids is 3. The molecule has 9 heteroatoms. The first-order valence-electron chi connectivity index (χ1n) is 9.27. The standard InChI is InChI=1S/C22H16F2N2O5/c23-22(24)31-18-6-2-1-4-14(18)11-25-19(27)13-7-8-16-17(10-13)21(29)26(20(16)28)12-15-5-3-9-30-15/h1-10,22H,11-12H2,(H,25,27). The van der Waals surface area contributed by atoms with Crippen molar-refractivity contribution in [2.45, 2.75) is 19.7 Å². The second-order valence-electron chi connectivity index (χ2n) is 6.71. The molecule has 31 heavy (non-hydrogen) atoms. The fourth-order valence-electron chi connectivity index (χ4n) is 3.27. The number of ether oxygens (including phenoxy) is 1. The van der Waals surface area contributed by atoms with Crippen LogP contribution in [-0.2, 0) is 13.1 Å². The van der Waals surface area contributed by atoms with Gasteiger partial charge in [-0.3, -0.25) is 19.3 Å². The van der Waals surface area contributed by atoms with E-state index in [2.05, 4.69) is 10.1 Å². The third-order valence-electron chi connectivity index (χ3n) is 4.75. The lowest BCUT2D eigenvalue weighted by molar-refractivity contribution is -0.0504. The van der Waals surface area contributed by atoms with E-state index >= 15 is 0 Å². The first-order chi connectivity index (χ1) is 14.9. The maximum absolute atomic E-state index is 12.7. The molecule has 0 atom stereocenters. The van der Waals surface area contributed by atoms with Crippen LogP contribution in [0.15, 0.2) is 65.3 Å². The molecule has 1 aromatic heterocycles. The summed E-state index contributed by atoms with van der Waals surface area (Å²) in [7, 11) is 0. The van der Waals surface area contributed by atoms with Gasteiger partial charge in [-0.1, -0.05) is 18.2 Å². The van der Waals surface area contributed by atoms with Crippen LogP contribution in [0.2, 0.25) is 0 Å². The van der Waals surface area contributed by atoms with Gasteiger partial charge in [0.15, 0.2) is 0 Å². The Bertz CT molecular complexity index is 1140. The van der Waals surface area contributed by atoms with Crippen molar-refractivity contribution in [1.82, 2.24) is 10.2 Å². The fraction of sp³-hybridized carbons (Fsp3) is 0.136. The predicted molar refractivity (Wildman–Crippen MR) is 104 cm³/mol. The van der Waals surface area contributed by atoms with Crippen LogP contribution in [0.3, 0.4) is 0 Å². The minimum Gasteiger partial charge on any atom is -0.467 e. The van der Waals surface area contributed by atoms with Gasteiger partial charge in [-0.25, -0.2) is 0 Å². The third-order valence-corrected chi connectivity index (χ3v) is 4.75. The van der Waals surface area contributed by atoms with E-state index in [1.54, 1.807) is 30.3 Å². The molecule has 0 radical (unpaired) electrons. The molecule has 2 aromatic carbocycles. The Kier molecular flexibility index (Phi) is 5.48. The zero-order chi connectivity index (χ0) is 22.0. The molecule has 0 bridgehead atoms. The maximum Gasteiger partial charge on any atom is 0.387 e. The van der Waals surface area contributed by atoms with Crippen LogP contribution in [0.5, 0.6) is 5.75 Å². The van der Waals surface area contributed by atoms with Crippen molar-refractivity contribution < 1.29 is 32.3 Å². The lowest BCUT2D eigenvalue weighted by Gasteiger charge is -2.11. The van der Waals surface area contributed by atoms with Gasteiger partial charge in [0.25, 0.3) is 17.7 Å². The van der Waals surface area contributed by atoms with Crippen molar-refractivity contribution in [1.29, 1.82) is 0 Å². The average Bonchev–Trinajstić information content (AvgIpc) is 3.35. The molecule has 7 nitrogen and oxygen atoms in total. The zero-order valence-corrected chi connectivity index (χ0v) is 16.0. The van der Waals surface area contributed by atoms with Crippen molar-refractivity contribution >= 4 is 17.7 Å². The molecule has 3 aromatic rings. The number of fused-ring (bicyclic) bond motifs is 1. The minimum absolute atomic E-state index is 0.0121. The largest absolute Gasteiger partial charge is 0.467 e. The highest BCUT2D eigenvalue weighted by Gasteiger charge is 2.36. The van der Waals surface area contributed by atoms with Crippen LogP contribution < -0.4 is 10.1 Å². The molecule has 0 saturated carbocycles. The summed E-state index contributed by atoms with van der Waals surface area (Å²) in [6.07, 6.45) is 1.44. The van der Waals surface area contributed by atoms with Gasteiger partial charge in [0.05, 0.1) is 23.9 Å². The van der Waals surface area contributed by atoms with Crippen molar-refractivity contribution in [3.8, 4) is 5.75 Å². The third kappa shape index (κ3) is 4.16. The quantitative estimate of drug-likeness (QED) is 0.583. The van der Waals surface area contributed by atoms with Crippen LogP contribution in [-0.4, -0.2) is 29.2 Å². The number of rotatable bonds is 7. The Morgan fingerprint density at radius 3 is 2.55 bits per heavy atom. The Labute approximate surface area is 175 Å². The molecule has 3 amide bonds. The Morgan fingerprint density at radius 1 is 1.03 bits per heavy atom. The van der Waals surface area contributed by atoms with E-state index < -0.39 is 24.3 Å². The number of carbonyl (C=O) groups is 3. The summed E-state index contributed by atoms with van der Waals surface area (Å²) in [6, 6.07) is 13.6. The number of amides is 3. The molecule has 1 N–H and O–H groups in total. The fourth-order valence-corrected chi connectivity index (χ4v) is 3.27. The number of benzene rings is 2. The number of furan rings is 1. The second kappa shape index (κ2) is 8.39. The number of halogens is 2. The van der Waals surface area contributed by atoms with Gasteiger partial charge in [0, 0.05) is 17.7 Å². The van der Waals surface area contributed by atoms with Gasteiger partial charge in [-0.15, -0.1) is 0 Å². The smallest absolute Gasteiger partial charge is 0.387 e. The number of para-hydroxylation sites is 1. The van der Waals surface area contributed by atoms with E-state index in [1.807, 2.05) is 0 Å². The van der Waals surface area contributed by atoms with Gasteiger partial charge in [-0.05, 0) is 36.4 Å². The van der Waals surface area contributed by atoms with Gasteiger partial charge < -0.3 is 14.5 Å². The normalized spacial score (nSPS) is 12.9. The zero-order valence-electron chi connectivity index (χ0n) is 16.0. The summed E-state index contributed by atoms with van der Waals surface area (Å²) in [6.45, 7) is -3.06. The van der Waals surface area contributed by atoms with E-state index in [0.29, 0.717) is 11.3 Å². The lowest BCUT2D eigenvalue weighted by Crippen LogP contribution is -2.28. The summed E-state index contributed by atoms with van der Waals surface area (Å²) in [5.74, 6) is -1.11. The average molecular weight is 426 g/mol. The van der Waals surface area contributed by atoms with E-state index in [-0.39, 0.29) is 35.5 Å². The van der Waals surface area contributed by atoms with Crippen molar-refractivity contribution in [2.75, 3.05) is 0 Å². The van der Waals surface area contributed by atoms with Gasteiger partial charge >= 0.3 is 6.61 Å².